The van der Waals surface area contributed by atoms with Crippen molar-refractivity contribution in [1.29, 1.82) is 0 Å². The van der Waals surface area contributed by atoms with Crippen molar-refractivity contribution in [2.24, 2.45) is 0 Å². The second-order valence-corrected chi connectivity index (χ2v) is 11.2. The van der Waals surface area contributed by atoms with Crippen LogP contribution in [-0.4, -0.2) is 73.5 Å². The lowest BCUT2D eigenvalue weighted by molar-refractivity contribution is 0.0741. The first-order valence-electron chi connectivity index (χ1n) is 11.8. The summed E-state index contributed by atoms with van der Waals surface area (Å²) in [4.78, 5) is 3.50. The highest BCUT2D eigenvalue weighted by Crippen LogP contribution is 2.28. The van der Waals surface area contributed by atoms with Gasteiger partial charge in [-0.05, 0) is 25.1 Å². The molecule has 0 saturated carbocycles. The van der Waals surface area contributed by atoms with E-state index in [-0.39, 0.29) is 10.8 Å². The van der Waals surface area contributed by atoms with Gasteiger partial charge in [0.05, 0.1) is 42.5 Å². The molecule has 3 aromatic rings. The first-order chi connectivity index (χ1) is 16.1. The average Bonchev–Trinajstić information content (AvgIpc) is 3.47. The third-order valence-corrected chi connectivity index (χ3v) is 6.78. The maximum Gasteiger partial charge on any atom is 0.187 e. The molecule has 0 aliphatic rings. The SMILES string of the molecule is CCN(CCOCCOC)c1ccc(/C=c2/c(C(C)(C)C)nn3c(C(C)(C)COC)nnc23)s1. The number of nitrogens with zero attached hydrogens (tertiary/aromatic N) is 5. The van der Waals surface area contributed by atoms with Crippen LogP contribution in [0.3, 0.4) is 0 Å². The Kier molecular flexibility index (Phi) is 8.67. The van der Waals surface area contributed by atoms with Gasteiger partial charge in [-0.15, -0.1) is 21.5 Å². The van der Waals surface area contributed by atoms with Crippen LogP contribution >= 0.6 is 11.3 Å². The Hall–Kier alpha value is -2.07. The van der Waals surface area contributed by atoms with E-state index >= 15 is 0 Å². The van der Waals surface area contributed by atoms with Crippen molar-refractivity contribution in [3.8, 4) is 0 Å². The van der Waals surface area contributed by atoms with E-state index in [4.69, 9.17) is 19.3 Å². The first-order valence-corrected chi connectivity index (χ1v) is 12.6. The molecular formula is C25H39N5O3S. The summed E-state index contributed by atoms with van der Waals surface area (Å²) in [6, 6.07) is 4.34. The molecule has 3 aromatic heterocycles. The van der Waals surface area contributed by atoms with Gasteiger partial charge in [-0.3, -0.25) is 0 Å². The van der Waals surface area contributed by atoms with Crippen molar-refractivity contribution in [1.82, 2.24) is 19.8 Å². The number of ether oxygens (including phenoxy) is 3. The summed E-state index contributed by atoms with van der Waals surface area (Å²) in [6.07, 6.45) is 2.20. The van der Waals surface area contributed by atoms with Crippen LogP contribution in [0.2, 0.25) is 0 Å². The van der Waals surface area contributed by atoms with E-state index in [1.807, 2.05) is 4.52 Å². The fourth-order valence-corrected chi connectivity index (χ4v) is 4.95. The molecule has 0 N–H and O–H groups in total. The molecule has 0 fully saturated rings. The Morgan fingerprint density at radius 1 is 1.03 bits per heavy atom. The van der Waals surface area contributed by atoms with E-state index in [1.54, 1.807) is 25.6 Å². The summed E-state index contributed by atoms with van der Waals surface area (Å²) in [5.74, 6) is 0.812. The van der Waals surface area contributed by atoms with Crippen molar-refractivity contribution in [3.63, 3.8) is 0 Å². The number of aromatic nitrogens is 4. The molecule has 34 heavy (non-hydrogen) atoms. The molecule has 0 aliphatic carbocycles. The molecule has 0 amide bonds. The zero-order valence-corrected chi connectivity index (χ0v) is 22.7. The van der Waals surface area contributed by atoms with Gasteiger partial charge < -0.3 is 19.1 Å². The van der Waals surface area contributed by atoms with Crippen LogP contribution in [-0.2, 0) is 25.0 Å². The smallest absolute Gasteiger partial charge is 0.187 e. The number of hydrogen-bond acceptors (Lipinski definition) is 8. The molecule has 8 nitrogen and oxygen atoms in total. The highest BCUT2D eigenvalue weighted by molar-refractivity contribution is 7.16. The molecule has 3 rings (SSSR count). The van der Waals surface area contributed by atoms with Gasteiger partial charge in [-0.1, -0.05) is 34.6 Å². The number of methoxy groups -OCH3 is 2. The van der Waals surface area contributed by atoms with Crippen LogP contribution in [0.15, 0.2) is 12.1 Å². The van der Waals surface area contributed by atoms with Gasteiger partial charge in [-0.2, -0.15) is 9.61 Å². The van der Waals surface area contributed by atoms with Crippen molar-refractivity contribution in [2.75, 3.05) is 58.6 Å². The summed E-state index contributed by atoms with van der Waals surface area (Å²) >= 11 is 1.77. The fourth-order valence-electron chi connectivity index (χ4n) is 3.91. The zero-order valence-electron chi connectivity index (χ0n) is 21.8. The number of fused-ring (bicyclic) bond motifs is 1. The maximum absolute atomic E-state index is 5.66. The minimum atomic E-state index is -0.301. The van der Waals surface area contributed by atoms with Crippen molar-refractivity contribution in [2.45, 2.75) is 52.4 Å². The Labute approximate surface area is 206 Å². The molecule has 0 unspecified atom stereocenters. The summed E-state index contributed by atoms with van der Waals surface area (Å²) in [5, 5.41) is 16.3. The van der Waals surface area contributed by atoms with E-state index in [1.165, 1.54) is 5.00 Å². The molecule has 0 atom stereocenters. The number of rotatable bonds is 12. The van der Waals surface area contributed by atoms with Crippen LogP contribution in [0.4, 0.5) is 5.00 Å². The lowest BCUT2D eigenvalue weighted by Gasteiger charge is -2.20. The minimum Gasteiger partial charge on any atom is -0.384 e. The maximum atomic E-state index is 5.66. The van der Waals surface area contributed by atoms with E-state index in [9.17, 15) is 0 Å². The van der Waals surface area contributed by atoms with Gasteiger partial charge in [-0.25, -0.2) is 0 Å². The van der Waals surface area contributed by atoms with Gasteiger partial charge >= 0.3 is 0 Å². The summed E-state index contributed by atoms with van der Waals surface area (Å²) in [7, 11) is 3.39. The van der Waals surface area contributed by atoms with Crippen LogP contribution in [0.5, 0.6) is 0 Å². The molecule has 0 spiro atoms. The second-order valence-electron chi connectivity index (χ2n) is 10.1. The molecule has 188 valence electrons. The fraction of sp³-hybridized carbons (Fsp3) is 0.640. The first kappa shape index (κ1) is 26.5. The van der Waals surface area contributed by atoms with E-state index in [0.29, 0.717) is 26.4 Å². The third kappa shape index (κ3) is 5.94. The molecule has 3 heterocycles. The average molecular weight is 490 g/mol. The zero-order chi connectivity index (χ0) is 24.9. The topological polar surface area (TPSA) is 74.0 Å². The number of likely N-dealkylation sites (N-methyl/N-ethyl adjacent to an activating group) is 1. The lowest BCUT2D eigenvalue weighted by atomic mass is 9.91. The van der Waals surface area contributed by atoms with Gasteiger partial charge in [0.25, 0.3) is 0 Å². The van der Waals surface area contributed by atoms with Crippen LogP contribution < -0.4 is 10.1 Å². The molecule has 0 aromatic carbocycles. The Balaban J connectivity index is 1.96. The monoisotopic (exact) mass is 489 g/mol. The minimum absolute atomic E-state index is 0.135. The van der Waals surface area contributed by atoms with Gasteiger partial charge in [0, 0.05) is 42.8 Å². The third-order valence-electron chi connectivity index (χ3n) is 5.69. The molecule has 9 heteroatoms. The van der Waals surface area contributed by atoms with Crippen LogP contribution in [0, 0.1) is 0 Å². The van der Waals surface area contributed by atoms with Gasteiger partial charge in [0.2, 0.25) is 0 Å². The summed E-state index contributed by atoms with van der Waals surface area (Å²) < 4.78 is 18.0. The van der Waals surface area contributed by atoms with E-state index < -0.39 is 0 Å². The predicted molar refractivity (Wildman–Crippen MR) is 138 cm³/mol. The van der Waals surface area contributed by atoms with E-state index in [2.05, 4.69) is 74.8 Å². The van der Waals surface area contributed by atoms with Crippen molar-refractivity contribution >= 4 is 28.1 Å². The predicted octanol–water partition coefficient (Wildman–Crippen LogP) is 3.44. The molecule has 0 saturated heterocycles. The molecular weight excluding hydrogens is 450 g/mol. The Morgan fingerprint density at radius 2 is 1.79 bits per heavy atom. The highest BCUT2D eigenvalue weighted by Gasteiger charge is 2.31. The number of hydrogen-bond donors (Lipinski definition) is 0. The summed E-state index contributed by atoms with van der Waals surface area (Å²) in [5.41, 5.74) is 1.37. The highest BCUT2D eigenvalue weighted by atomic mass is 32.1. The van der Waals surface area contributed by atoms with Crippen LogP contribution in [0.25, 0.3) is 11.7 Å². The standard InChI is InChI=1S/C25H39N5O3S/c1-9-29(12-13-33-15-14-31-7)20-11-10-18(34-20)16-19-21(24(2,3)4)28-30-22(19)26-27-23(30)25(5,6)17-32-8/h10-11,16H,9,12-15,17H2,1-8H3/b19-16-. The van der Waals surface area contributed by atoms with Gasteiger partial charge in [0.15, 0.2) is 11.5 Å². The molecule has 0 bridgehead atoms. The Morgan fingerprint density at radius 3 is 2.44 bits per heavy atom. The lowest BCUT2D eigenvalue weighted by Crippen LogP contribution is -2.27. The number of thiophene rings is 1. The normalized spacial score (nSPS) is 13.4. The Bertz CT molecular complexity index is 1120. The largest absolute Gasteiger partial charge is 0.384 e. The van der Waals surface area contributed by atoms with Crippen molar-refractivity contribution in [3.05, 3.63) is 33.7 Å². The second kappa shape index (κ2) is 11.1. The van der Waals surface area contributed by atoms with Gasteiger partial charge in [0.1, 0.15) is 0 Å². The van der Waals surface area contributed by atoms with Crippen LogP contribution in [0.1, 0.15) is 57.9 Å². The summed E-state index contributed by atoms with van der Waals surface area (Å²) in [6.45, 7) is 17.1. The van der Waals surface area contributed by atoms with E-state index in [0.717, 1.165) is 40.4 Å². The number of anilines is 1. The van der Waals surface area contributed by atoms with Crippen molar-refractivity contribution < 1.29 is 14.2 Å². The molecule has 0 aliphatic heterocycles. The molecule has 0 radical (unpaired) electrons. The quantitative estimate of drug-likeness (QED) is 0.361.